The number of hydrogen-bond acceptors (Lipinski definition) is 3. The number of β-amino-alcohol motifs (C(OH)–C–C–N with tert-alkyl or cyclic N) is 1. The number of amides is 1. The third-order valence-corrected chi connectivity index (χ3v) is 4.14. The Morgan fingerprint density at radius 2 is 2.29 bits per heavy atom. The van der Waals surface area contributed by atoms with E-state index in [1.807, 2.05) is 11.8 Å². The number of aliphatic hydroxyl groups excluding tert-OH is 1. The van der Waals surface area contributed by atoms with Crippen LogP contribution < -0.4 is 0 Å². The molecule has 98 valence electrons. The minimum atomic E-state index is -0.317. The smallest absolute Gasteiger partial charge is 0.228 e. The molecule has 1 amide bonds. The van der Waals surface area contributed by atoms with Crippen molar-refractivity contribution in [1.82, 2.24) is 4.90 Å². The zero-order chi connectivity index (χ0) is 12.3. The van der Waals surface area contributed by atoms with Crippen molar-refractivity contribution in [1.29, 1.82) is 0 Å². The van der Waals surface area contributed by atoms with Crippen molar-refractivity contribution in [3.8, 4) is 0 Å². The minimum absolute atomic E-state index is 0.167. The normalized spacial score (nSPS) is 26.9. The Kier molecular flexibility index (Phi) is 4.05. The fourth-order valence-corrected chi connectivity index (χ4v) is 2.85. The second kappa shape index (κ2) is 5.36. The van der Waals surface area contributed by atoms with Crippen LogP contribution in [-0.4, -0.2) is 48.3 Å². The second-order valence-corrected chi connectivity index (χ2v) is 5.27. The molecular formula is C13H23NO3. The molecule has 1 heterocycles. The predicted molar refractivity (Wildman–Crippen MR) is 64.6 cm³/mol. The van der Waals surface area contributed by atoms with Gasteiger partial charge in [-0.3, -0.25) is 4.79 Å². The molecule has 1 saturated heterocycles. The number of likely N-dealkylation sites (tertiary alicyclic amines) is 1. The van der Waals surface area contributed by atoms with Gasteiger partial charge in [-0.2, -0.15) is 0 Å². The Morgan fingerprint density at radius 1 is 1.53 bits per heavy atom. The monoisotopic (exact) mass is 241 g/mol. The molecule has 0 radical (unpaired) electrons. The zero-order valence-corrected chi connectivity index (χ0v) is 10.7. The molecule has 2 aliphatic rings. The summed E-state index contributed by atoms with van der Waals surface area (Å²) < 4.78 is 5.38. The first-order valence-corrected chi connectivity index (χ1v) is 6.73. The largest absolute Gasteiger partial charge is 0.391 e. The number of carbonyl (C=O) groups is 1. The molecule has 2 fully saturated rings. The fraction of sp³-hybridized carbons (Fsp3) is 0.923. The van der Waals surface area contributed by atoms with E-state index in [4.69, 9.17) is 4.74 Å². The van der Waals surface area contributed by atoms with Gasteiger partial charge in [-0.25, -0.2) is 0 Å². The first-order chi connectivity index (χ1) is 8.18. The molecule has 1 saturated carbocycles. The van der Waals surface area contributed by atoms with Gasteiger partial charge in [0.25, 0.3) is 0 Å². The lowest BCUT2D eigenvalue weighted by Gasteiger charge is -2.42. The van der Waals surface area contributed by atoms with E-state index < -0.39 is 0 Å². The summed E-state index contributed by atoms with van der Waals surface area (Å²) in [6.45, 7) is 4.61. The lowest BCUT2D eigenvalue weighted by molar-refractivity contribution is -0.148. The highest BCUT2D eigenvalue weighted by Gasteiger charge is 2.46. The number of aliphatic hydroxyl groups is 1. The van der Waals surface area contributed by atoms with Gasteiger partial charge in [-0.1, -0.05) is 6.42 Å². The Bertz CT molecular complexity index is 276. The zero-order valence-electron chi connectivity index (χ0n) is 10.7. The molecular weight excluding hydrogens is 218 g/mol. The summed E-state index contributed by atoms with van der Waals surface area (Å²) in [6.07, 6.45) is 4.38. The second-order valence-electron chi connectivity index (χ2n) is 5.27. The SMILES string of the molecule is CCOCCC1(C(=O)N2CC[C@@H](O)C2)CCC1. The molecule has 0 aromatic rings. The Morgan fingerprint density at radius 3 is 2.76 bits per heavy atom. The topological polar surface area (TPSA) is 49.8 Å². The fourth-order valence-electron chi connectivity index (χ4n) is 2.85. The molecule has 2 rings (SSSR count). The Hall–Kier alpha value is -0.610. The van der Waals surface area contributed by atoms with Crippen LogP contribution in [0.3, 0.4) is 0 Å². The maximum Gasteiger partial charge on any atom is 0.228 e. The van der Waals surface area contributed by atoms with Gasteiger partial charge in [0.2, 0.25) is 5.91 Å². The molecule has 0 bridgehead atoms. The number of rotatable bonds is 5. The number of nitrogens with zero attached hydrogens (tertiary/aromatic N) is 1. The highest BCUT2D eigenvalue weighted by Crippen LogP contribution is 2.45. The van der Waals surface area contributed by atoms with Crippen LogP contribution in [0.4, 0.5) is 0 Å². The third kappa shape index (κ3) is 2.63. The Labute approximate surface area is 103 Å². The van der Waals surface area contributed by atoms with Crippen molar-refractivity contribution in [2.45, 2.75) is 45.1 Å². The van der Waals surface area contributed by atoms with E-state index >= 15 is 0 Å². The molecule has 4 nitrogen and oxygen atoms in total. The summed E-state index contributed by atoms with van der Waals surface area (Å²) >= 11 is 0. The quantitative estimate of drug-likeness (QED) is 0.735. The van der Waals surface area contributed by atoms with Crippen molar-refractivity contribution >= 4 is 5.91 Å². The van der Waals surface area contributed by atoms with Gasteiger partial charge < -0.3 is 14.7 Å². The summed E-state index contributed by atoms with van der Waals surface area (Å²) in [6, 6.07) is 0. The van der Waals surface area contributed by atoms with Crippen molar-refractivity contribution in [2.75, 3.05) is 26.3 Å². The van der Waals surface area contributed by atoms with E-state index in [0.29, 0.717) is 19.8 Å². The lowest BCUT2D eigenvalue weighted by Crippen LogP contribution is -2.48. The molecule has 1 atom stereocenters. The van der Waals surface area contributed by atoms with Crippen LogP contribution in [0, 0.1) is 5.41 Å². The van der Waals surface area contributed by atoms with Gasteiger partial charge in [-0.15, -0.1) is 0 Å². The van der Waals surface area contributed by atoms with Gasteiger partial charge in [0.05, 0.1) is 11.5 Å². The molecule has 0 aromatic carbocycles. The van der Waals surface area contributed by atoms with Gasteiger partial charge in [0.15, 0.2) is 0 Å². The maximum absolute atomic E-state index is 12.4. The minimum Gasteiger partial charge on any atom is -0.391 e. The summed E-state index contributed by atoms with van der Waals surface area (Å²) in [5.74, 6) is 0.250. The van der Waals surface area contributed by atoms with E-state index in [0.717, 1.165) is 38.6 Å². The average Bonchev–Trinajstić information content (AvgIpc) is 2.68. The third-order valence-electron chi connectivity index (χ3n) is 4.14. The van der Waals surface area contributed by atoms with E-state index in [9.17, 15) is 9.90 Å². The Balaban J connectivity index is 1.90. The summed E-state index contributed by atoms with van der Waals surface area (Å²) in [5, 5.41) is 9.50. The van der Waals surface area contributed by atoms with E-state index in [-0.39, 0.29) is 17.4 Å². The lowest BCUT2D eigenvalue weighted by atomic mass is 9.66. The van der Waals surface area contributed by atoms with Crippen molar-refractivity contribution in [3.63, 3.8) is 0 Å². The van der Waals surface area contributed by atoms with Gasteiger partial charge in [0, 0.05) is 26.3 Å². The van der Waals surface area contributed by atoms with Crippen LogP contribution in [0.25, 0.3) is 0 Å². The van der Waals surface area contributed by atoms with Gasteiger partial charge >= 0.3 is 0 Å². The van der Waals surface area contributed by atoms with Gasteiger partial charge in [0.1, 0.15) is 0 Å². The van der Waals surface area contributed by atoms with E-state index in [2.05, 4.69) is 0 Å². The molecule has 17 heavy (non-hydrogen) atoms. The van der Waals surface area contributed by atoms with Gasteiger partial charge in [-0.05, 0) is 32.6 Å². The summed E-state index contributed by atoms with van der Waals surface area (Å²) in [5.41, 5.74) is -0.167. The summed E-state index contributed by atoms with van der Waals surface area (Å²) in [4.78, 5) is 14.3. The van der Waals surface area contributed by atoms with Crippen LogP contribution in [0.5, 0.6) is 0 Å². The average molecular weight is 241 g/mol. The van der Waals surface area contributed by atoms with Crippen molar-refractivity contribution in [2.24, 2.45) is 5.41 Å². The first-order valence-electron chi connectivity index (χ1n) is 6.73. The molecule has 0 aromatic heterocycles. The molecule has 4 heteroatoms. The summed E-state index contributed by atoms with van der Waals surface area (Å²) in [7, 11) is 0. The van der Waals surface area contributed by atoms with Crippen LogP contribution in [-0.2, 0) is 9.53 Å². The van der Waals surface area contributed by atoms with Crippen molar-refractivity contribution < 1.29 is 14.6 Å². The molecule has 0 spiro atoms. The predicted octanol–water partition coefficient (Wildman–Crippen LogP) is 1.18. The standard InChI is InChI=1S/C13H23NO3/c1-2-17-9-7-13(5-3-6-13)12(16)14-8-4-11(15)10-14/h11,15H,2-10H2,1H3/t11-/m1/s1. The van der Waals surface area contributed by atoms with Crippen LogP contribution >= 0.6 is 0 Å². The molecule has 1 N–H and O–H groups in total. The highest BCUT2D eigenvalue weighted by molar-refractivity contribution is 5.84. The van der Waals surface area contributed by atoms with Crippen molar-refractivity contribution in [3.05, 3.63) is 0 Å². The molecule has 1 aliphatic carbocycles. The first kappa shape index (κ1) is 12.8. The number of ether oxygens (including phenoxy) is 1. The van der Waals surface area contributed by atoms with Crippen LogP contribution in [0.2, 0.25) is 0 Å². The maximum atomic E-state index is 12.4. The van der Waals surface area contributed by atoms with Crippen LogP contribution in [0.1, 0.15) is 39.0 Å². The molecule has 0 unspecified atom stereocenters. The highest BCUT2D eigenvalue weighted by atomic mass is 16.5. The molecule has 1 aliphatic heterocycles. The number of hydrogen-bond donors (Lipinski definition) is 1. The number of carbonyl (C=O) groups excluding carboxylic acids is 1. The van der Waals surface area contributed by atoms with E-state index in [1.54, 1.807) is 0 Å². The van der Waals surface area contributed by atoms with E-state index in [1.165, 1.54) is 0 Å². The van der Waals surface area contributed by atoms with Crippen LogP contribution in [0.15, 0.2) is 0 Å².